The van der Waals surface area contributed by atoms with Gasteiger partial charge in [0.2, 0.25) is 0 Å². The Morgan fingerprint density at radius 1 is 0.794 bits per heavy atom. The quantitative estimate of drug-likeness (QED) is 0.540. The van der Waals surface area contributed by atoms with Crippen LogP contribution in [0.15, 0.2) is 114 Å². The molecule has 0 fully saturated rings. The second-order valence-corrected chi connectivity index (χ2v) is 8.13. The molecule has 0 saturated heterocycles. The lowest BCUT2D eigenvalue weighted by Gasteiger charge is -2.32. The van der Waals surface area contributed by atoms with E-state index in [0.717, 1.165) is 0 Å². The van der Waals surface area contributed by atoms with Crippen LogP contribution in [0.2, 0.25) is 0 Å². The van der Waals surface area contributed by atoms with E-state index < -0.39 is 22.9 Å². The van der Waals surface area contributed by atoms with Crippen molar-refractivity contribution in [3.8, 4) is 0 Å². The molecule has 1 aliphatic heterocycles. The van der Waals surface area contributed by atoms with Gasteiger partial charge in [0.25, 0.3) is 5.91 Å². The highest BCUT2D eigenvalue weighted by Gasteiger charge is 2.56. The molecular weight excluding hydrogens is 431 g/mol. The number of halogens is 1. The first kappa shape index (κ1) is 21.4. The molecule has 0 saturated carbocycles. The van der Waals surface area contributed by atoms with Crippen molar-refractivity contribution in [2.45, 2.75) is 6.42 Å². The second-order valence-electron chi connectivity index (χ2n) is 8.13. The monoisotopic (exact) mass is 450 g/mol. The summed E-state index contributed by atoms with van der Waals surface area (Å²) in [5, 5.41) is 5.99. The first-order valence-electron chi connectivity index (χ1n) is 10.8. The predicted octanol–water partition coefficient (Wildman–Crippen LogP) is 4.44. The van der Waals surface area contributed by atoms with Crippen molar-refractivity contribution in [2.24, 2.45) is 10.5 Å². The first-order valence-corrected chi connectivity index (χ1v) is 10.8. The molecule has 1 amide bonds. The van der Waals surface area contributed by atoms with Crippen LogP contribution in [0.4, 0.5) is 10.1 Å². The minimum absolute atomic E-state index is 0.0296. The van der Waals surface area contributed by atoms with Gasteiger partial charge in [0, 0.05) is 5.57 Å². The predicted molar refractivity (Wildman–Crippen MR) is 127 cm³/mol. The molecule has 1 aliphatic carbocycles. The van der Waals surface area contributed by atoms with E-state index >= 15 is 0 Å². The average Bonchev–Trinajstić information content (AvgIpc) is 3.16. The van der Waals surface area contributed by atoms with Gasteiger partial charge in [-0.05, 0) is 60.0 Å². The number of hydrazone groups is 1. The average molecular weight is 450 g/mol. The molecule has 5 rings (SSSR count). The molecule has 1 heterocycles. The number of nitrogens with zero attached hydrogens (tertiary/aromatic N) is 2. The highest BCUT2D eigenvalue weighted by atomic mass is 19.1. The molecule has 5 nitrogen and oxygen atoms in total. The number of ketones is 2. The van der Waals surface area contributed by atoms with E-state index in [9.17, 15) is 18.8 Å². The van der Waals surface area contributed by atoms with Crippen LogP contribution in [0, 0.1) is 11.2 Å². The van der Waals surface area contributed by atoms with Gasteiger partial charge in [0.1, 0.15) is 11.2 Å². The summed E-state index contributed by atoms with van der Waals surface area (Å²) in [5.41, 5.74) is 0.639. The molecular formula is C28H19FN2O3. The fourth-order valence-corrected chi connectivity index (χ4v) is 4.41. The Morgan fingerprint density at radius 2 is 1.44 bits per heavy atom. The van der Waals surface area contributed by atoms with Gasteiger partial charge < -0.3 is 0 Å². The molecule has 0 spiro atoms. The fourth-order valence-electron chi connectivity index (χ4n) is 4.41. The van der Waals surface area contributed by atoms with Gasteiger partial charge in [-0.15, -0.1) is 0 Å². The summed E-state index contributed by atoms with van der Waals surface area (Å²) < 4.78 is 13.6. The van der Waals surface area contributed by atoms with Gasteiger partial charge >= 0.3 is 0 Å². The van der Waals surface area contributed by atoms with E-state index in [-0.39, 0.29) is 17.8 Å². The van der Waals surface area contributed by atoms with Crippen molar-refractivity contribution in [3.05, 3.63) is 126 Å². The van der Waals surface area contributed by atoms with Crippen LogP contribution < -0.4 is 5.01 Å². The Kier molecular flexibility index (Phi) is 5.34. The SMILES string of the molecule is O=C1C=CC(=O)C(C2(Cc3ccc(F)cc3)C(=O)N(c3ccccc3)N=C2c2ccccc2)=C1. The van der Waals surface area contributed by atoms with Crippen molar-refractivity contribution < 1.29 is 18.8 Å². The van der Waals surface area contributed by atoms with Crippen molar-refractivity contribution in [2.75, 3.05) is 5.01 Å². The van der Waals surface area contributed by atoms with Crippen molar-refractivity contribution in [1.29, 1.82) is 0 Å². The van der Waals surface area contributed by atoms with Crippen LogP contribution in [0.3, 0.4) is 0 Å². The van der Waals surface area contributed by atoms with E-state index in [2.05, 4.69) is 0 Å². The zero-order valence-corrected chi connectivity index (χ0v) is 18.0. The standard InChI is InChI=1S/C28H19FN2O3/c29-21-13-11-19(12-14-21)18-28(24-17-23(32)15-16-25(24)33)26(20-7-3-1-4-8-20)30-31(27(28)34)22-9-5-2-6-10-22/h1-17H,18H2. The highest BCUT2D eigenvalue weighted by Crippen LogP contribution is 2.45. The summed E-state index contributed by atoms with van der Waals surface area (Å²) in [5.74, 6) is -1.69. The Hall–Kier alpha value is -4.45. The van der Waals surface area contributed by atoms with Crippen LogP contribution in [-0.2, 0) is 20.8 Å². The van der Waals surface area contributed by atoms with Crippen LogP contribution in [0.25, 0.3) is 0 Å². The molecule has 1 atom stereocenters. The van der Waals surface area contributed by atoms with E-state index in [1.165, 1.54) is 35.4 Å². The van der Waals surface area contributed by atoms with E-state index in [4.69, 9.17) is 5.10 Å². The van der Waals surface area contributed by atoms with Crippen LogP contribution in [-0.4, -0.2) is 23.2 Å². The number of allylic oxidation sites excluding steroid dienone is 3. The number of amides is 1. The number of carbonyl (C=O) groups is 3. The summed E-state index contributed by atoms with van der Waals surface area (Å²) in [4.78, 5) is 39.8. The van der Waals surface area contributed by atoms with Crippen molar-refractivity contribution in [3.63, 3.8) is 0 Å². The maximum Gasteiger partial charge on any atom is 0.264 e. The van der Waals surface area contributed by atoms with Gasteiger partial charge in [-0.3, -0.25) is 14.4 Å². The maximum absolute atomic E-state index is 14.2. The summed E-state index contributed by atoms with van der Waals surface area (Å²) in [6, 6.07) is 23.8. The Labute approximate surface area is 195 Å². The molecule has 34 heavy (non-hydrogen) atoms. The third-order valence-electron chi connectivity index (χ3n) is 6.00. The Bertz CT molecular complexity index is 1380. The Balaban J connectivity index is 1.77. The Morgan fingerprint density at radius 3 is 2.12 bits per heavy atom. The zero-order valence-electron chi connectivity index (χ0n) is 18.0. The third-order valence-corrected chi connectivity index (χ3v) is 6.00. The summed E-state index contributed by atoms with van der Waals surface area (Å²) in [6.45, 7) is 0. The molecule has 6 heteroatoms. The molecule has 3 aromatic rings. The minimum atomic E-state index is -1.58. The van der Waals surface area contributed by atoms with Crippen LogP contribution in [0.1, 0.15) is 11.1 Å². The second kappa shape index (κ2) is 8.48. The number of benzene rings is 3. The highest BCUT2D eigenvalue weighted by molar-refractivity contribution is 6.33. The van der Waals surface area contributed by atoms with Crippen molar-refractivity contribution >= 4 is 28.9 Å². The number of carbonyl (C=O) groups excluding carboxylic acids is 3. The smallest absolute Gasteiger partial charge is 0.264 e. The summed E-state index contributed by atoms with van der Waals surface area (Å²) in [7, 11) is 0. The molecule has 2 aliphatic rings. The van der Waals surface area contributed by atoms with Gasteiger partial charge in [-0.1, -0.05) is 60.7 Å². The molecule has 0 aromatic heterocycles. The molecule has 0 radical (unpaired) electrons. The molecule has 3 aromatic carbocycles. The molecule has 1 unspecified atom stereocenters. The van der Waals surface area contributed by atoms with Crippen LogP contribution in [0.5, 0.6) is 0 Å². The number of hydrogen-bond acceptors (Lipinski definition) is 4. The lowest BCUT2D eigenvalue weighted by Crippen LogP contribution is -2.46. The number of hydrogen-bond donors (Lipinski definition) is 0. The fraction of sp³-hybridized carbons (Fsp3) is 0.0714. The minimum Gasteiger partial charge on any atom is -0.290 e. The summed E-state index contributed by atoms with van der Waals surface area (Å²) >= 11 is 0. The lowest BCUT2D eigenvalue weighted by molar-refractivity contribution is -0.124. The van der Waals surface area contributed by atoms with Gasteiger partial charge in [0.15, 0.2) is 11.6 Å². The number of para-hydroxylation sites is 1. The third kappa shape index (κ3) is 3.59. The van der Waals surface area contributed by atoms with Crippen LogP contribution >= 0.6 is 0 Å². The van der Waals surface area contributed by atoms with E-state index in [0.29, 0.717) is 22.5 Å². The largest absolute Gasteiger partial charge is 0.290 e. The van der Waals surface area contributed by atoms with Crippen molar-refractivity contribution in [1.82, 2.24) is 0 Å². The summed E-state index contributed by atoms with van der Waals surface area (Å²) in [6.07, 6.45) is 3.62. The topological polar surface area (TPSA) is 66.8 Å². The van der Waals surface area contributed by atoms with Gasteiger partial charge in [0.05, 0.1) is 11.4 Å². The zero-order chi connectivity index (χ0) is 23.7. The van der Waals surface area contributed by atoms with E-state index in [1.54, 1.807) is 36.4 Å². The first-order chi connectivity index (χ1) is 16.5. The van der Waals surface area contributed by atoms with E-state index in [1.807, 2.05) is 36.4 Å². The maximum atomic E-state index is 14.2. The number of anilines is 1. The van der Waals surface area contributed by atoms with Gasteiger partial charge in [-0.2, -0.15) is 10.1 Å². The normalized spacial score (nSPS) is 19.9. The number of rotatable bonds is 5. The molecule has 166 valence electrons. The molecule has 0 N–H and O–H groups in total. The lowest BCUT2D eigenvalue weighted by atomic mass is 9.67. The van der Waals surface area contributed by atoms with Gasteiger partial charge in [-0.25, -0.2) is 4.39 Å². The molecule has 0 bridgehead atoms.